The third-order valence-corrected chi connectivity index (χ3v) is 2.19. The first-order valence-corrected chi connectivity index (χ1v) is 4.52. The molecule has 2 unspecified atom stereocenters. The third kappa shape index (κ3) is 2.54. The maximum Gasteiger partial charge on any atom is 0.249 e. The van der Waals surface area contributed by atoms with Crippen molar-refractivity contribution in [1.82, 2.24) is 0 Å². The number of aliphatic hydroxyl groups is 3. The summed E-state index contributed by atoms with van der Waals surface area (Å²) in [5.41, 5.74) is 4.95. The fourth-order valence-corrected chi connectivity index (χ4v) is 1.31. The topological polar surface area (TPSA) is 104 Å². The molecule has 16 heavy (non-hydrogen) atoms. The van der Waals surface area contributed by atoms with Crippen LogP contribution in [-0.4, -0.2) is 27.3 Å². The van der Waals surface area contributed by atoms with E-state index in [0.29, 0.717) is 0 Å². The van der Waals surface area contributed by atoms with Crippen LogP contribution in [-0.2, 0) is 11.4 Å². The van der Waals surface area contributed by atoms with Crippen LogP contribution in [0.25, 0.3) is 0 Å². The van der Waals surface area contributed by atoms with Gasteiger partial charge in [-0.05, 0) is 23.3 Å². The van der Waals surface area contributed by atoms with Crippen molar-refractivity contribution in [1.29, 1.82) is 0 Å². The first kappa shape index (κ1) is 12.6. The fourth-order valence-electron chi connectivity index (χ4n) is 1.31. The van der Waals surface area contributed by atoms with Gasteiger partial charge in [0.2, 0.25) is 5.91 Å². The van der Waals surface area contributed by atoms with Crippen molar-refractivity contribution >= 4 is 5.91 Å². The van der Waals surface area contributed by atoms with E-state index in [1.54, 1.807) is 0 Å². The minimum Gasteiger partial charge on any atom is -0.392 e. The van der Waals surface area contributed by atoms with Crippen molar-refractivity contribution < 1.29 is 24.5 Å². The standard InChI is InChI=1S/C10H12FNO4/c11-6-2-1-5(4-13)7(3-6)8(14)9(15)10(12)16/h1-3,8-9,13-15H,4H2,(H2,12,16). The normalized spacial score (nSPS) is 14.5. The third-order valence-electron chi connectivity index (χ3n) is 2.19. The first-order valence-electron chi connectivity index (χ1n) is 4.52. The van der Waals surface area contributed by atoms with Gasteiger partial charge >= 0.3 is 0 Å². The van der Waals surface area contributed by atoms with Crippen LogP contribution in [0.4, 0.5) is 4.39 Å². The lowest BCUT2D eigenvalue weighted by Crippen LogP contribution is -2.34. The molecule has 0 spiro atoms. The van der Waals surface area contributed by atoms with Crippen LogP contribution in [0, 0.1) is 5.82 Å². The van der Waals surface area contributed by atoms with E-state index in [1.807, 2.05) is 0 Å². The molecule has 1 amide bonds. The monoisotopic (exact) mass is 229 g/mol. The fraction of sp³-hybridized carbons (Fsp3) is 0.300. The number of nitrogens with two attached hydrogens (primary N) is 1. The molecule has 0 aliphatic rings. The number of aliphatic hydroxyl groups excluding tert-OH is 3. The maximum absolute atomic E-state index is 12.9. The second-order valence-electron chi connectivity index (χ2n) is 3.29. The van der Waals surface area contributed by atoms with E-state index in [1.165, 1.54) is 6.07 Å². The van der Waals surface area contributed by atoms with Crippen LogP contribution in [0.1, 0.15) is 17.2 Å². The van der Waals surface area contributed by atoms with Crippen LogP contribution in [0.2, 0.25) is 0 Å². The molecule has 88 valence electrons. The van der Waals surface area contributed by atoms with E-state index in [0.717, 1.165) is 12.1 Å². The van der Waals surface area contributed by atoms with Gasteiger partial charge in [-0.1, -0.05) is 6.07 Å². The summed E-state index contributed by atoms with van der Waals surface area (Å²) >= 11 is 0. The van der Waals surface area contributed by atoms with Crippen LogP contribution in [0.15, 0.2) is 18.2 Å². The lowest BCUT2D eigenvalue weighted by atomic mass is 9.98. The van der Waals surface area contributed by atoms with Crippen LogP contribution >= 0.6 is 0 Å². The van der Waals surface area contributed by atoms with Crippen molar-refractivity contribution in [3.63, 3.8) is 0 Å². The van der Waals surface area contributed by atoms with E-state index in [2.05, 4.69) is 0 Å². The molecule has 0 saturated carbocycles. The number of carbonyl (C=O) groups is 1. The molecule has 0 bridgehead atoms. The number of rotatable bonds is 4. The van der Waals surface area contributed by atoms with Crippen LogP contribution in [0.3, 0.4) is 0 Å². The molecule has 5 N–H and O–H groups in total. The highest BCUT2D eigenvalue weighted by molar-refractivity contribution is 5.79. The number of halogens is 1. The van der Waals surface area contributed by atoms with E-state index in [4.69, 9.17) is 10.8 Å². The van der Waals surface area contributed by atoms with Gasteiger partial charge in [-0.15, -0.1) is 0 Å². The summed E-state index contributed by atoms with van der Waals surface area (Å²) in [6, 6.07) is 3.28. The summed E-state index contributed by atoms with van der Waals surface area (Å²) in [6.07, 6.45) is -3.50. The Morgan fingerprint density at radius 2 is 2.06 bits per heavy atom. The minimum atomic E-state index is -1.84. The molecule has 1 rings (SSSR count). The number of amides is 1. The Balaban J connectivity index is 3.10. The zero-order valence-electron chi connectivity index (χ0n) is 8.30. The quantitative estimate of drug-likeness (QED) is 0.542. The number of hydrogen-bond donors (Lipinski definition) is 4. The average Bonchev–Trinajstić information content (AvgIpc) is 2.26. The Labute approximate surface area is 90.9 Å². The molecule has 1 aromatic carbocycles. The number of carbonyl (C=O) groups excluding carboxylic acids is 1. The van der Waals surface area contributed by atoms with Gasteiger partial charge in [0, 0.05) is 0 Å². The summed E-state index contributed by atoms with van der Waals surface area (Å²) in [6.45, 7) is -0.446. The van der Waals surface area contributed by atoms with Crippen molar-refractivity contribution in [3.05, 3.63) is 35.1 Å². The summed E-state index contributed by atoms with van der Waals surface area (Å²) < 4.78 is 12.9. The summed E-state index contributed by atoms with van der Waals surface area (Å²) in [4.78, 5) is 10.7. The molecular weight excluding hydrogens is 217 g/mol. The summed E-state index contributed by atoms with van der Waals surface area (Å²) in [5.74, 6) is -1.77. The second-order valence-corrected chi connectivity index (χ2v) is 3.29. The SMILES string of the molecule is NC(=O)C(O)C(O)c1cc(F)ccc1CO. The van der Waals surface area contributed by atoms with Gasteiger partial charge in [-0.25, -0.2) is 4.39 Å². The van der Waals surface area contributed by atoms with Gasteiger partial charge in [0.05, 0.1) is 6.61 Å². The molecule has 2 atom stereocenters. The Kier molecular flexibility index (Phi) is 3.94. The van der Waals surface area contributed by atoms with Crippen molar-refractivity contribution in [3.8, 4) is 0 Å². The molecule has 0 heterocycles. The molecule has 0 saturated heterocycles. The van der Waals surface area contributed by atoms with E-state index in [-0.39, 0.29) is 11.1 Å². The van der Waals surface area contributed by atoms with Gasteiger partial charge < -0.3 is 21.1 Å². The maximum atomic E-state index is 12.9. The van der Waals surface area contributed by atoms with Gasteiger partial charge in [0.25, 0.3) is 0 Å². The Morgan fingerprint density at radius 3 is 2.56 bits per heavy atom. The number of benzene rings is 1. The van der Waals surface area contributed by atoms with E-state index >= 15 is 0 Å². The van der Waals surface area contributed by atoms with Gasteiger partial charge in [-0.2, -0.15) is 0 Å². The van der Waals surface area contributed by atoms with E-state index < -0.39 is 30.5 Å². The van der Waals surface area contributed by atoms with Crippen LogP contribution in [0.5, 0.6) is 0 Å². The molecule has 0 aliphatic heterocycles. The lowest BCUT2D eigenvalue weighted by molar-refractivity contribution is -0.132. The molecule has 5 nitrogen and oxygen atoms in total. The molecule has 0 radical (unpaired) electrons. The highest BCUT2D eigenvalue weighted by atomic mass is 19.1. The Bertz CT molecular complexity index is 396. The zero-order valence-corrected chi connectivity index (χ0v) is 8.30. The van der Waals surface area contributed by atoms with Crippen molar-refractivity contribution in [2.75, 3.05) is 0 Å². The highest BCUT2D eigenvalue weighted by Gasteiger charge is 2.25. The van der Waals surface area contributed by atoms with Gasteiger partial charge in [-0.3, -0.25) is 4.79 Å². The summed E-state index contributed by atoms with van der Waals surface area (Å²) in [7, 11) is 0. The smallest absolute Gasteiger partial charge is 0.249 e. The molecule has 6 heteroatoms. The largest absolute Gasteiger partial charge is 0.392 e. The lowest BCUT2D eigenvalue weighted by Gasteiger charge is -2.17. The average molecular weight is 229 g/mol. The van der Waals surface area contributed by atoms with Crippen LogP contribution < -0.4 is 5.73 Å². The zero-order chi connectivity index (χ0) is 12.3. The Morgan fingerprint density at radius 1 is 1.44 bits per heavy atom. The minimum absolute atomic E-state index is 0.0613. The second kappa shape index (κ2) is 5.02. The highest BCUT2D eigenvalue weighted by Crippen LogP contribution is 2.22. The molecular formula is C10H12FNO4. The molecule has 1 aromatic rings. The van der Waals surface area contributed by atoms with Crippen molar-refractivity contribution in [2.45, 2.75) is 18.8 Å². The van der Waals surface area contributed by atoms with Crippen molar-refractivity contribution in [2.24, 2.45) is 5.73 Å². The number of primary amides is 1. The predicted octanol–water partition coefficient (Wildman–Crippen LogP) is -0.802. The van der Waals surface area contributed by atoms with Gasteiger partial charge in [0.15, 0.2) is 6.10 Å². The Hall–Kier alpha value is -1.50. The molecule has 0 aromatic heterocycles. The number of hydrogen-bond acceptors (Lipinski definition) is 4. The first-order chi connectivity index (χ1) is 7.47. The molecule has 0 aliphatic carbocycles. The van der Waals surface area contributed by atoms with E-state index in [9.17, 15) is 19.4 Å². The molecule has 0 fully saturated rings. The van der Waals surface area contributed by atoms with Gasteiger partial charge in [0.1, 0.15) is 11.9 Å². The summed E-state index contributed by atoms with van der Waals surface area (Å²) in [5, 5.41) is 27.7. The predicted molar refractivity (Wildman–Crippen MR) is 52.5 cm³/mol.